The first-order valence-electron chi connectivity index (χ1n) is 22.2. The average molecular weight is 753 g/mol. The van der Waals surface area contributed by atoms with Crippen molar-refractivity contribution in [1.82, 2.24) is 19.9 Å². The highest BCUT2D eigenvalue weighted by Gasteiger charge is 2.21. The predicted octanol–water partition coefficient (Wildman–Crippen LogP) is 14.7. The van der Waals surface area contributed by atoms with Crippen molar-refractivity contribution in [3.63, 3.8) is 0 Å². The second-order valence-corrected chi connectivity index (χ2v) is 15.4. The minimum absolute atomic E-state index is 0.886. The third-order valence-electron chi connectivity index (χ3n) is 10.6. The lowest BCUT2D eigenvalue weighted by Crippen LogP contribution is -2.17. The second-order valence-electron chi connectivity index (χ2n) is 15.4. The van der Waals surface area contributed by atoms with Gasteiger partial charge in [0.2, 0.25) is 0 Å². The van der Waals surface area contributed by atoms with E-state index in [1.165, 1.54) is 77.0 Å². The summed E-state index contributed by atoms with van der Waals surface area (Å²) in [5.41, 5.74) is 6.50. The monoisotopic (exact) mass is 753 g/mol. The fourth-order valence-electron chi connectivity index (χ4n) is 7.39. The van der Waals surface area contributed by atoms with Crippen molar-refractivity contribution in [3.8, 4) is 0 Å². The van der Waals surface area contributed by atoms with Gasteiger partial charge >= 0.3 is 0 Å². The number of rotatable bonds is 26. The standard InChI is InChI=1S/C50H68N6/c1-5-9-13-17-26-41-30-21-36-47(51-41)55(48-37-22-31-42(52-48)27-18-14-10-6-2)45-34-25-35-46(40-45)56(49-38-23-32-43(53-49)28-19-15-11-7-3)50-39-24-33-44(54-50)29-20-16-12-8-4/h21-25,30-40H,5-20,26-29H2,1-4H3. The van der Waals surface area contributed by atoms with Gasteiger partial charge in [0.1, 0.15) is 23.3 Å². The molecule has 0 aliphatic carbocycles. The van der Waals surface area contributed by atoms with Gasteiger partial charge in [0.05, 0.1) is 11.4 Å². The Hall–Kier alpha value is -4.58. The van der Waals surface area contributed by atoms with Gasteiger partial charge in [-0.05, 0) is 118 Å². The fourth-order valence-corrected chi connectivity index (χ4v) is 7.39. The highest BCUT2D eigenvalue weighted by atomic mass is 15.3. The molecule has 0 aliphatic heterocycles. The Balaban J connectivity index is 1.57. The third kappa shape index (κ3) is 13.3. The van der Waals surface area contributed by atoms with Crippen molar-refractivity contribution in [2.24, 2.45) is 0 Å². The van der Waals surface area contributed by atoms with Gasteiger partial charge in [0, 0.05) is 22.8 Å². The van der Waals surface area contributed by atoms with E-state index < -0.39 is 0 Å². The van der Waals surface area contributed by atoms with E-state index in [4.69, 9.17) is 19.9 Å². The van der Waals surface area contributed by atoms with Crippen LogP contribution in [0.2, 0.25) is 0 Å². The van der Waals surface area contributed by atoms with Crippen molar-refractivity contribution >= 4 is 34.6 Å². The molecule has 1 aromatic carbocycles. The van der Waals surface area contributed by atoms with Crippen LogP contribution >= 0.6 is 0 Å². The number of benzene rings is 1. The smallest absolute Gasteiger partial charge is 0.139 e. The summed E-state index contributed by atoms with van der Waals surface area (Å²) in [6, 6.07) is 34.6. The van der Waals surface area contributed by atoms with Crippen LogP contribution in [0.25, 0.3) is 0 Å². The summed E-state index contributed by atoms with van der Waals surface area (Å²) < 4.78 is 0. The largest absolute Gasteiger partial charge is 0.279 e. The molecule has 0 saturated heterocycles. The van der Waals surface area contributed by atoms with Gasteiger partial charge in [-0.25, -0.2) is 19.9 Å². The Bertz CT molecular complexity index is 1610. The molecule has 0 amide bonds. The molecule has 5 aromatic rings. The third-order valence-corrected chi connectivity index (χ3v) is 10.6. The molecule has 5 rings (SSSR count). The zero-order valence-electron chi connectivity index (χ0n) is 35.1. The van der Waals surface area contributed by atoms with Crippen molar-refractivity contribution in [1.29, 1.82) is 0 Å². The lowest BCUT2D eigenvalue weighted by molar-refractivity contribution is 0.660. The predicted molar refractivity (Wildman–Crippen MR) is 238 cm³/mol. The first-order valence-corrected chi connectivity index (χ1v) is 22.2. The van der Waals surface area contributed by atoms with Crippen LogP contribution in [-0.2, 0) is 25.7 Å². The fraction of sp³-hybridized carbons (Fsp3) is 0.480. The van der Waals surface area contributed by atoms with Crippen molar-refractivity contribution in [3.05, 3.63) is 120 Å². The first-order chi connectivity index (χ1) is 27.6. The molecule has 0 saturated carbocycles. The molecule has 298 valence electrons. The molecule has 0 spiro atoms. The molecule has 56 heavy (non-hydrogen) atoms. The van der Waals surface area contributed by atoms with Crippen molar-refractivity contribution in [2.75, 3.05) is 9.80 Å². The van der Waals surface area contributed by atoms with Gasteiger partial charge in [-0.1, -0.05) is 135 Å². The highest BCUT2D eigenvalue weighted by Crippen LogP contribution is 2.39. The second kappa shape index (κ2) is 24.1. The maximum Gasteiger partial charge on any atom is 0.139 e. The summed E-state index contributed by atoms with van der Waals surface area (Å²) in [7, 11) is 0. The van der Waals surface area contributed by atoms with E-state index in [1.54, 1.807) is 0 Å². The summed E-state index contributed by atoms with van der Waals surface area (Å²) in [5, 5.41) is 0. The molecule has 0 unspecified atom stereocenters. The van der Waals surface area contributed by atoms with Crippen LogP contribution in [0.5, 0.6) is 0 Å². The topological polar surface area (TPSA) is 58.0 Å². The van der Waals surface area contributed by atoms with Crippen LogP contribution in [0.3, 0.4) is 0 Å². The van der Waals surface area contributed by atoms with Crippen LogP contribution in [0.15, 0.2) is 97.1 Å². The van der Waals surface area contributed by atoms with E-state index in [1.807, 2.05) is 0 Å². The van der Waals surface area contributed by atoms with E-state index in [2.05, 4.69) is 135 Å². The number of nitrogens with zero attached hydrogens (tertiary/aromatic N) is 6. The summed E-state index contributed by atoms with van der Waals surface area (Å²) >= 11 is 0. The lowest BCUT2D eigenvalue weighted by Gasteiger charge is -2.28. The van der Waals surface area contributed by atoms with E-state index in [-0.39, 0.29) is 0 Å². The van der Waals surface area contributed by atoms with Gasteiger partial charge in [-0.3, -0.25) is 9.80 Å². The summed E-state index contributed by atoms with van der Waals surface area (Å²) in [6.45, 7) is 9.05. The normalized spacial score (nSPS) is 11.2. The first kappa shape index (κ1) is 42.6. The minimum atomic E-state index is 0.886. The molecule has 0 N–H and O–H groups in total. The number of aromatic nitrogens is 4. The number of hydrogen-bond acceptors (Lipinski definition) is 6. The molecule has 0 fully saturated rings. The van der Waals surface area contributed by atoms with Crippen LogP contribution in [0, 0.1) is 0 Å². The summed E-state index contributed by atoms with van der Waals surface area (Å²) in [5.74, 6) is 3.54. The Kier molecular flexibility index (Phi) is 18.3. The van der Waals surface area contributed by atoms with Gasteiger partial charge in [-0.2, -0.15) is 0 Å². The van der Waals surface area contributed by atoms with Gasteiger partial charge < -0.3 is 0 Å². The zero-order valence-corrected chi connectivity index (χ0v) is 35.1. The van der Waals surface area contributed by atoms with Crippen LogP contribution < -0.4 is 9.80 Å². The molecule has 0 bridgehead atoms. The van der Waals surface area contributed by atoms with E-state index >= 15 is 0 Å². The summed E-state index contributed by atoms with van der Waals surface area (Å²) in [6.07, 6.45) is 23.4. The molecule has 6 nitrogen and oxygen atoms in total. The Morgan fingerprint density at radius 1 is 0.321 bits per heavy atom. The number of hydrogen-bond donors (Lipinski definition) is 0. The SMILES string of the molecule is CCCCCCc1cccc(N(c2cccc(N(c3cccc(CCCCCC)n3)c3cccc(CCCCCC)n3)c2)c2cccc(CCCCCC)n2)n1. The Morgan fingerprint density at radius 3 is 0.857 bits per heavy atom. The molecular formula is C50H68N6. The maximum absolute atomic E-state index is 5.28. The molecule has 4 aromatic heterocycles. The number of aryl methyl sites for hydroxylation is 4. The minimum Gasteiger partial charge on any atom is -0.279 e. The van der Waals surface area contributed by atoms with Crippen LogP contribution in [0.1, 0.15) is 153 Å². The molecule has 4 heterocycles. The molecular weight excluding hydrogens is 685 g/mol. The van der Waals surface area contributed by atoms with Crippen LogP contribution in [-0.4, -0.2) is 19.9 Å². The van der Waals surface area contributed by atoms with E-state index in [9.17, 15) is 0 Å². The number of pyridine rings is 4. The summed E-state index contributed by atoms with van der Waals surface area (Å²) in [4.78, 5) is 25.6. The molecule has 6 heteroatoms. The Morgan fingerprint density at radius 2 is 0.589 bits per heavy atom. The van der Waals surface area contributed by atoms with Gasteiger partial charge in [0.25, 0.3) is 0 Å². The Labute approximate surface area is 339 Å². The zero-order chi connectivity index (χ0) is 39.2. The highest BCUT2D eigenvalue weighted by molar-refractivity contribution is 5.79. The molecule has 0 atom stereocenters. The lowest BCUT2D eigenvalue weighted by atomic mass is 10.1. The quantitative estimate of drug-likeness (QED) is 0.0524. The van der Waals surface area contributed by atoms with Crippen LogP contribution in [0.4, 0.5) is 34.6 Å². The molecule has 0 radical (unpaired) electrons. The van der Waals surface area contributed by atoms with E-state index in [0.29, 0.717) is 0 Å². The van der Waals surface area contributed by atoms with E-state index in [0.717, 1.165) is 109 Å². The maximum atomic E-state index is 5.28. The van der Waals surface area contributed by atoms with Crippen molar-refractivity contribution in [2.45, 2.75) is 156 Å². The number of unbranched alkanes of at least 4 members (excludes halogenated alkanes) is 12. The number of anilines is 6. The van der Waals surface area contributed by atoms with Gasteiger partial charge in [-0.15, -0.1) is 0 Å². The van der Waals surface area contributed by atoms with Crippen molar-refractivity contribution < 1.29 is 0 Å². The van der Waals surface area contributed by atoms with Gasteiger partial charge in [0.15, 0.2) is 0 Å². The average Bonchev–Trinajstić information content (AvgIpc) is 3.23. The molecule has 0 aliphatic rings.